The number of hydrogen-bond donors (Lipinski definition) is 1. The summed E-state index contributed by atoms with van der Waals surface area (Å²) in [5, 5.41) is 3.59. The maximum absolute atomic E-state index is 12.0. The predicted octanol–water partition coefficient (Wildman–Crippen LogP) is 3.94. The number of hydrogen-bond acceptors (Lipinski definition) is 1. The smallest absolute Gasteiger partial charge is 0.251 e. The number of alkyl halides is 1. The standard InChI is InChI=1S/C13H17BrClNO/c1-8(14)7-9(2)16-13(17)11-5-4-6-12(15)10(11)3/h4-6,8-9H,7H2,1-3H3,(H,16,17). The van der Waals surface area contributed by atoms with Crippen LogP contribution in [0, 0.1) is 6.92 Å². The molecule has 1 aromatic carbocycles. The molecule has 2 atom stereocenters. The lowest BCUT2D eigenvalue weighted by atomic mass is 10.1. The van der Waals surface area contributed by atoms with Gasteiger partial charge in [-0.05, 0) is 38.0 Å². The molecule has 0 saturated carbocycles. The first kappa shape index (κ1) is 14.5. The Labute approximate surface area is 116 Å². The second-order valence-corrected chi connectivity index (χ2v) is 6.27. The first-order valence-electron chi connectivity index (χ1n) is 5.62. The molecule has 4 heteroatoms. The first-order chi connectivity index (χ1) is 7.91. The van der Waals surface area contributed by atoms with Crippen LogP contribution in [-0.2, 0) is 0 Å². The van der Waals surface area contributed by atoms with Crippen LogP contribution in [0.25, 0.3) is 0 Å². The van der Waals surface area contributed by atoms with Crippen molar-refractivity contribution in [3.05, 3.63) is 34.3 Å². The number of carbonyl (C=O) groups excluding carboxylic acids is 1. The highest BCUT2D eigenvalue weighted by Crippen LogP contribution is 2.19. The Morgan fingerprint density at radius 1 is 1.47 bits per heavy atom. The summed E-state index contributed by atoms with van der Waals surface area (Å²) in [7, 11) is 0. The van der Waals surface area contributed by atoms with Crippen LogP contribution in [-0.4, -0.2) is 16.8 Å². The molecule has 0 aliphatic heterocycles. The highest BCUT2D eigenvalue weighted by atomic mass is 79.9. The van der Waals surface area contributed by atoms with E-state index in [-0.39, 0.29) is 11.9 Å². The second-order valence-electron chi connectivity index (χ2n) is 4.30. The molecular weight excluding hydrogens is 302 g/mol. The third kappa shape index (κ3) is 4.32. The summed E-state index contributed by atoms with van der Waals surface area (Å²) in [6.45, 7) is 5.91. The Kier molecular flexibility index (Phi) is 5.47. The van der Waals surface area contributed by atoms with E-state index in [0.29, 0.717) is 15.4 Å². The highest BCUT2D eigenvalue weighted by molar-refractivity contribution is 9.09. The van der Waals surface area contributed by atoms with E-state index in [1.807, 2.05) is 13.8 Å². The first-order valence-corrected chi connectivity index (χ1v) is 6.91. The zero-order valence-electron chi connectivity index (χ0n) is 10.3. The largest absolute Gasteiger partial charge is 0.350 e. The Morgan fingerprint density at radius 2 is 2.12 bits per heavy atom. The van der Waals surface area contributed by atoms with Gasteiger partial charge in [0.05, 0.1) is 0 Å². The van der Waals surface area contributed by atoms with Crippen LogP contribution in [0.1, 0.15) is 36.2 Å². The van der Waals surface area contributed by atoms with Gasteiger partial charge in [0, 0.05) is 21.5 Å². The molecule has 0 fully saturated rings. The normalized spacial score (nSPS) is 14.2. The van der Waals surface area contributed by atoms with Gasteiger partial charge in [0.1, 0.15) is 0 Å². The van der Waals surface area contributed by atoms with Crippen molar-refractivity contribution in [2.75, 3.05) is 0 Å². The number of rotatable bonds is 4. The molecular formula is C13H17BrClNO. The lowest BCUT2D eigenvalue weighted by Gasteiger charge is -2.16. The third-order valence-corrected chi connectivity index (χ3v) is 3.35. The highest BCUT2D eigenvalue weighted by Gasteiger charge is 2.14. The van der Waals surface area contributed by atoms with Crippen molar-refractivity contribution in [1.29, 1.82) is 0 Å². The van der Waals surface area contributed by atoms with Crippen LogP contribution < -0.4 is 5.32 Å². The number of amides is 1. The molecule has 0 heterocycles. The molecule has 1 rings (SSSR count). The molecule has 1 amide bonds. The SMILES string of the molecule is Cc1c(Cl)cccc1C(=O)NC(C)CC(C)Br. The van der Waals surface area contributed by atoms with Crippen molar-refractivity contribution in [2.24, 2.45) is 0 Å². The summed E-state index contributed by atoms with van der Waals surface area (Å²) in [4.78, 5) is 12.4. The van der Waals surface area contributed by atoms with Gasteiger partial charge in [-0.3, -0.25) is 4.79 Å². The zero-order valence-corrected chi connectivity index (χ0v) is 12.6. The van der Waals surface area contributed by atoms with Gasteiger partial charge in [-0.15, -0.1) is 0 Å². The summed E-state index contributed by atoms with van der Waals surface area (Å²) < 4.78 is 0. The number of halogens is 2. The number of nitrogens with one attached hydrogen (secondary N) is 1. The van der Waals surface area contributed by atoms with Gasteiger partial charge in [0.2, 0.25) is 0 Å². The van der Waals surface area contributed by atoms with E-state index in [2.05, 4.69) is 28.2 Å². The van der Waals surface area contributed by atoms with E-state index in [0.717, 1.165) is 12.0 Å². The summed E-state index contributed by atoms with van der Waals surface area (Å²) in [6.07, 6.45) is 0.894. The summed E-state index contributed by atoms with van der Waals surface area (Å²) in [6, 6.07) is 5.51. The maximum Gasteiger partial charge on any atom is 0.251 e. The fourth-order valence-electron chi connectivity index (χ4n) is 1.70. The van der Waals surface area contributed by atoms with Gasteiger partial charge >= 0.3 is 0 Å². The van der Waals surface area contributed by atoms with Crippen LogP contribution in [0.3, 0.4) is 0 Å². The predicted molar refractivity (Wildman–Crippen MR) is 76.1 cm³/mol. The van der Waals surface area contributed by atoms with Crippen molar-refractivity contribution >= 4 is 33.4 Å². The molecule has 0 aromatic heterocycles. The molecule has 0 aliphatic rings. The molecule has 0 spiro atoms. The Bertz CT molecular complexity index is 406. The lowest BCUT2D eigenvalue weighted by molar-refractivity contribution is 0.0938. The number of carbonyl (C=O) groups is 1. The minimum Gasteiger partial charge on any atom is -0.350 e. The molecule has 2 unspecified atom stereocenters. The third-order valence-electron chi connectivity index (χ3n) is 2.57. The van der Waals surface area contributed by atoms with Gasteiger partial charge in [0.15, 0.2) is 0 Å². The molecule has 0 bridgehead atoms. The van der Waals surface area contributed by atoms with Crippen LogP contribution >= 0.6 is 27.5 Å². The van der Waals surface area contributed by atoms with Crippen molar-refractivity contribution in [3.8, 4) is 0 Å². The minimum atomic E-state index is -0.0642. The van der Waals surface area contributed by atoms with Crippen LogP contribution in [0.15, 0.2) is 18.2 Å². The van der Waals surface area contributed by atoms with E-state index in [4.69, 9.17) is 11.6 Å². The molecule has 1 N–H and O–H groups in total. The second kappa shape index (κ2) is 6.41. The molecule has 17 heavy (non-hydrogen) atoms. The molecule has 0 radical (unpaired) electrons. The van der Waals surface area contributed by atoms with Crippen molar-refractivity contribution in [2.45, 2.75) is 38.1 Å². The summed E-state index contributed by atoms with van der Waals surface area (Å²) in [5.74, 6) is -0.0642. The number of benzene rings is 1. The average molecular weight is 319 g/mol. The van der Waals surface area contributed by atoms with Crippen molar-refractivity contribution < 1.29 is 4.79 Å². The van der Waals surface area contributed by atoms with E-state index < -0.39 is 0 Å². The van der Waals surface area contributed by atoms with E-state index in [1.54, 1.807) is 18.2 Å². The van der Waals surface area contributed by atoms with Crippen molar-refractivity contribution in [1.82, 2.24) is 5.32 Å². The monoisotopic (exact) mass is 317 g/mol. The summed E-state index contributed by atoms with van der Waals surface area (Å²) in [5.41, 5.74) is 1.47. The minimum absolute atomic E-state index is 0.0642. The Morgan fingerprint density at radius 3 is 2.71 bits per heavy atom. The fraction of sp³-hybridized carbons (Fsp3) is 0.462. The van der Waals surface area contributed by atoms with E-state index in [9.17, 15) is 4.79 Å². The van der Waals surface area contributed by atoms with E-state index in [1.165, 1.54) is 0 Å². The topological polar surface area (TPSA) is 29.1 Å². The molecule has 0 aliphatic carbocycles. The lowest BCUT2D eigenvalue weighted by Crippen LogP contribution is -2.34. The van der Waals surface area contributed by atoms with Gasteiger partial charge in [-0.1, -0.05) is 40.5 Å². The maximum atomic E-state index is 12.0. The van der Waals surface area contributed by atoms with Crippen molar-refractivity contribution in [3.63, 3.8) is 0 Å². The Balaban J connectivity index is 2.73. The van der Waals surface area contributed by atoms with Crippen LogP contribution in [0.5, 0.6) is 0 Å². The molecule has 2 nitrogen and oxygen atoms in total. The van der Waals surface area contributed by atoms with Crippen LogP contribution in [0.2, 0.25) is 5.02 Å². The average Bonchev–Trinajstić information content (AvgIpc) is 2.20. The van der Waals surface area contributed by atoms with Gasteiger partial charge in [0.25, 0.3) is 5.91 Å². The Hall–Kier alpha value is -0.540. The molecule has 94 valence electrons. The van der Waals surface area contributed by atoms with E-state index >= 15 is 0 Å². The van der Waals surface area contributed by atoms with Gasteiger partial charge < -0.3 is 5.32 Å². The molecule has 0 saturated heterocycles. The van der Waals surface area contributed by atoms with Gasteiger partial charge in [-0.2, -0.15) is 0 Å². The fourth-order valence-corrected chi connectivity index (χ4v) is 2.44. The quantitative estimate of drug-likeness (QED) is 0.837. The summed E-state index contributed by atoms with van der Waals surface area (Å²) >= 11 is 9.47. The van der Waals surface area contributed by atoms with Crippen LogP contribution in [0.4, 0.5) is 0 Å². The zero-order chi connectivity index (χ0) is 13.0. The van der Waals surface area contributed by atoms with Gasteiger partial charge in [-0.25, -0.2) is 0 Å². The molecule has 1 aromatic rings.